The number of aliphatic hydroxyl groups is 1. The summed E-state index contributed by atoms with van der Waals surface area (Å²) in [6.07, 6.45) is -0.812. The number of hydrogen-bond acceptors (Lipinski definition) is 4. The summed E-state index contributed by atoms with van der Waals surface area (Å²) in [4.78, 5) is 0. The topological polar surface area (TPSA) is 62.5 Å². The van der Waals surface area contributed by atoms with Crippen LogP contribution >= 0.6 is 0 Å². The van der Waals surface area contributed by atoms with Crippen molar-refractivity contribution in [3.63, 3.8) is 0 Å². The van der Waals surface area contributed by atoms with Crippen LogP contribution in [0.4, 0.5) is 4.39 Å². The lowest BCUT2D eigenvalue weighted by molar-refractivity contribution is 0.0626. The summed E-state index contributed by atoms with van der Waals surface area (Å²) in [5.41, 5.74) is 2.64. The number of benzene rings is 3. The molecule has 0 unspecified atom stereocenters. The van der Waals surface area contributed by atoms with Gasteiger partial charge in [0, 0.05) is 0 Å². The van der Waals surface area contributed by atoms with Crippen LogP contribution in [0.15, 0.2) is 72.8 Å². The lowest BCUT2D eigenvalue weighted by Gasteiger charge is -2.14. The van der Waals surface area contributed by atoms with Crippen molar-refractivity contribution in [2.45, 2.75) is 6.10 Å². The Balaban J connectivity index is 1.49. The first-order valence-electron chi connectivity index (χ1n) is 8.44. The lowest BCUT2D eigenvalue weighted by Crippen LogP contribution is -2.25. The zero-order chi connectivity index (χ0) is 19.1. The van der Waals surface area contributed by atoms with Crippen molar-refractivity contribution in [3.05, 3.63) is 84.2 Å². The SMILES string of the molecule is N#Cc1ccc(-c2ccc(OC[C@@H](O)COc3ccc(F)cc3)cc2)cc1. The van der Waals surface area contributed by atoms with Crippen LogP contribution in [-0.4, -0.2) is 24.4 Å². The Labute approximate surface area is 157 Å². The minimum absolute atomic E-state index is 0.0506. The van der Waals surface area contributed by atoms with Gasteiger partial charge in [-0.2, -0.15) is 5.26 Å². The Bertz CT molecular complexity index is 900. The van der Waals surface area contributed by atoms with E-state index in [0.717, 1.165) is 11.1 Å². The van der Waals surface area contributed by atoms with Crippen molar-refractivity contribution < 1.29 is 19.0 Å². The summed E-state index contributed by atoms with van der Waals surface area (Å²) >= 11 is 0. The molecule has 3 rings (SSSR count). The van der Waals surface area contributed by atoms with Crippen molar-refractivity contribution in [1.29, 1.82) is 5.26 Å². The van der Waals surface area contributed by atoms with Crippen molar-refractivity contribution in [2.75, 3.05) is 13.2 Å². The largest absolute Gasteiger partial charge is 0.491 e. The summed E-state index contributed by atoms with van der Waals surface area (Å²) < 4.78 is 23.8. The summed E-state index contributed by atoms with van der Waals surface area (Å²) in [7, 11) is 0. The van der Waals surface area contributed by atoms with Crippen LogP contribution in [0.2, 0.25) is 0 Å². The molecule has 0 fully saturated rings. The smallest absolute Gasteiger partial charge is 0.123 e. The van der Waals surface area contributed by atoms with Gasteiger partial charge >= 0.3 is 0 Å². The van der Waals surface area contributed by atoms with Crippen LogP contribution in [-0.2, 0) is 0 Å². The summed E-state index contributed by atoms with van der Waals surface area (Å²) in [5, 5.41) is 18.8. The molecular weight excluding hydrogens is 345 g/mol. The molecule has 1 atom stereocenters. The number of ether oxygens (including phenoxy) is 2. The van der Waals surface area contributed by atoms with Gasteiger partial charge in [0.05, 0.1) is 11.6 Å². The fraction of sp³-hybridized carbons (Fsp3) is 0.136. The highest BCUT2D eigenvalue weighted by molar-refractivity contribution is 5.64. The molecule has 0 heterocycles. The first-order valence-corrected chi connectivity index (χ1v) is 8.44. The summed E-state index contributed by atoms with van der Waals surface area (Å²) in [5.74, 6) is 0.783. The van der Waals surface area contributed by atoms with E-state index in [1.165, 1.54) is 24.3 Å². The van der Waals surface area contributed by atoms with E-state index in [1.54, 1.807) is 12.1 Å². The molecule has 0 amide bonds. The zero-order valence-electron chi connectivity index (χ0n) is 14.5. The molecule has 0 bridgehead atoms. The molecule has 4 nitrogen and oxygen atoms in total. The highest BCUT2D eigenvalue weighted by atomic mass is 19.1. The Morgan fingerprint density at radius 1 is 0.778 bits per heavy atom. The summed E-state index contributed by atoms with van der Waals surface area (Å²) in [6, 6.07) is 22.5. The number of rotatable bonds is 7. The predicted octanol–water partition coefficient (Wildman–Crippen LogP) is 4.18. The van der Waals surface area contributed by atoms with Gasteiger partial charge in [0.2, 0.25) is 0 Å². The van der Waals surface area contributed by atoms with E-state index in [1.807, 2.05) is 36.4 Å². The van der Waals surface area contributed by atoms with Gasteiger partial charge < -0.3 is 14.6 Å². The molecule has 0 radical (unpaired) electrons. The van der Waals surface area contributed by atoms with E-state index in [-0.39, 0.29) is 19.0 Å². The number of nitriles is 1. The van der Waals surface area contributed by atoms with E-state index in [9.17, 15) is 9.50 Å². The second kappa shape index (κ2) is 8.84. The van der Waals surface area contributed by atoms with Gasteiger partial charge in [-0.05, 0) is 59.7 Å². The van der Waals surface area contributed by atoms with Gasteiger partial charge in [0.15, 0.2) is 0 Å². The van der Waals surface area contributed by atoms with Gasteiger partial charge in [-0.1, -0.05) is 24.3 Å². The first-order chi connectivity index (χ1) is 13.1. The Morgan fingerprint density at radius 2 is 1.22 bits per heavy atom. The molecule has 0 saturated heterocycles. The van der Waals surface area contributed by atoms with Crippen LogP contribution in [0, 0.1) is 17.1 Å². The Hall–Kier alpha value is -3.36. The molecule has 1 N–H and O–H groups in total. The Morgan fingerprint density at radius 3 is 1.70 bits per heavy atom. The molecule has 5 heteroatoms. The number of hydrogen-bond donors (Lipinski definition) is 1. The molecule has 0 aliphatic heterocycles. The monoisotopic (exact) mass is 363 g/mol. The third kappa shape index (κ3) is 5.30. The van der Waals surface area contributed by atoms with Gasteiger partial charge in [-0.15, -0.1) is 0 Å². The second-order valence-electron chi connectivity index (χ2n) is 5.94. The predicted molar refractivity (Wildman–Crippen MR) is 100.0 cm³/mol. The molecular formula is C22H18FNO3. The minimum Gasteiger partial charge on any atom is -0.491 e. The number of halogens is 1. The maximum atomic E-state index is 12.8. The van der Waals surface area contributed by atoms with Crippen LogP contribution < -0.4 is 9.47 Å². The van der Waals surface area contributed by atoms with Crippen molar-refractivity contribution >= 4 is 0 Å². The molecule has 3 aromatic rings. The maximum Gasteiger partial charge on any atom is 0.123 e. The van der Waals surface area contributed by atoms with Crippen LogP contribution in [0.25, 0.3) is 11.1 Å². The average Bonchev–Trinajstić information content (AvgIpc) is 2.72. The standard InChI is InChI=1S/C22H18FNO3/c23-19-7-11-22(12-8-19)27-15-20(25)14-26-21-9-5-18(6-10-21)17-3-1-16(13-24)2-4-17/h1-12,20,25H,14-15H2/t20-/m1/s1. The molecule has 136 valence electrons. The third-order valence-electron chi connectivity index (χ3n) is 3.90. The molecule has 0 aliphatic carbocycles. The number of nitrogens with zero attached hydrogens (tertiary/aromatic N) is 1. The average molecular weight is 363 g/mol. The molecule has 0 aromatic heterocycles. The van der Waals surface area contributed by atoms with Gasteiger partial charge in [-0.3, -0.25) is 0 Å². The van der Waals surface area contributed by atoms with E-state index in [4.69, 9.17) is 14.7 Å². The zero-order valence-corrected chi connectivity index (χ0v) is 14.5. The minimum atomic E-state index is -0.812. The highest BCUT2D eigenvalue weighted by Gasteiger charge is 2.07. The quantitative estimate of drug-likeness (QED) is 0.684. The van der Waals surface area contributed by atoms with Crippen LogP contribution in [0.3, 0.4) is 0 Å². The van der Waals surface area contributed by atoms with E-state index in [0.29, 0.717) is 17.1 Å². The first kappa shape index (κ1) is 18.4. The van der Waals surface area contributed by atoms with E-state index in [2.05, 4.69) is 6.07 Å². The van der Waals surface area contributed by atoms with Gasteiger partial charge in [-0.25, -0.2) is 4.39 Å². The second-order valence-corrected chi connectivity index (χ2v) is 5.94. The lowest BCUT2D eigenvalue weighted by atomic mass is 10.0. The molecule has 0 spiro atoms. The maximum absolute atomic E-state index is 12.8. The summed E-state index contributed by atoms with van der Waals surface area (Å²) in [6.45, 7) is 0.131. The number of aliphatic hydroxyl groups excluding tert-OH is 1. The Kier molecular flexibility index (Phi) is 6.03. The van der Waals surface area contributed by atoms with Crippen LogP contribution in [0.1, 0.15) is 5.56 Å². The van der Waals surface area contributed by atoms with E-state index < -0.39 is 6.10 Å². The van der Waals surface area contributed by atoms with Gasteiger partial charge in [0.25, 0.3) is 0 Å². The fourth-order valence-corrected chi connectivity index (χ4v) is 2.44. The third-order valence-corrected chi connectivity index (χ3v) is 3.90. The van der Waals surface area contributed by atoms with Crippen LogP contribution in [0.5, 0.6) is 11.5 Å². The van der Waals surface area contributed by atoms with Crippen molar-refractivity contribution in [2.24, 2.45) is 0 Å². The van der Waals surface area contributed by atoms with E-state index >= 15 is 0 Å². The molecule has 3 aromatic carbocycles. The molecule has 0 aliphatic rings. The normalized spacial score (nSPS) is 11.4. The fourth-order valence-electron chi connectivity index (χ4n) is 2.44. The van der Waals surface area contributed by atoms with Gasteiger partial charge in [0.1, 0.15) is 36.6 Å². The van der Waals surface area contributed by atoms with Crippen molar-refractivity contribution in [3.8, 4) is 28.7 Å². The molecule has 27 heavy (non-hydrogen) atoms. The molecule has 0 saturated carbocycles. The highest BCUT2D eigenvalue weighted by Crippen LogP contribution is 2.23. The van der Waals surface area contributed by atoms with Crippen molar-refractivity contribution in [1.82, 2.24) is 0 Å².